The van der Waals surface area contributed by atoms with E-state index in [1.807, 2.05) is 0 Å². The fraction of sp³-hybridized carbons (Fsp3) is 0.720. The maximum absolute atomic E-state index is 12.1. The van der Waals surface area contributed by atoms with Crippen molar-refractivity contribution in [2.45, 2.75) is 109 Å². The van der Waals surface area contributed by atoms with E-state index in [1.165, 1.54) is 44.9 Å². The molecule has 2 atom stereocenters. The predicted molar refractivity (Wildman–Crippen MR) is 131 cm³/mol. The lowest BCUT2D eigenvalue weighted by Crippen LogP contribution is -2.34. The van der Waals surface area contributed by atoms with Crippen molar-refractivity contribution in [3.05, 3.63) is 56.1 Å². The van der Waals surface area contributed by atoms with E-state index < -0.39 is 17.0 Å². The molecule has 1 rings (SSSR count). The lowest BCUT2D eigenvalue weighted by Gasteiger charge is -2.14. The second-order valence-electron chi connectivity index (χ2n) is 8.85. The molecule has 0 aliphatic rings. The minimum Gasteiger partial charge on any atom is -0.352 e. The van der Waals surface area contributed by atoms with E-state index in [4.69, 9.17) is 0 Å². The quantitative estimate of drug-likeness (QED) is 0.141. The molecule has 1 aromatic rings. The number of carbonyl (C=O) groups excluding carboxylic acids is 1. The van der Waals surface area contributed by atoms with E-state index in [-0.39, 0.29) is 30.2 Å². The fourth-order valence-corrected chi connectivity index (χ4v) is 4.02. The summed E-state index contributed by atoms with van der Waals surface area (Å²) in [6.07, 6.45) is 13.2. The molecule has 0 spiro atoms. The molecule has 8 nitrogen and oxygen atoms in total. The van der Waals surface area contributed by atoms with Gasteiger partial charge in [0.1, 0.15) is 0 Å². The van der Waals surface area contributed by atoms with Crippen LogP contribution in [0.3, 0.4) is 0 Å². The molecule has 0 bridgehead atoms. The Morgan fingerprint density at radius 2 is 1.27 bits per heavy atom. The van der Waals surface area contributed by atoms with Crippen molar-refractivity contribution in [1.29, 1.82) is 0 Å². The number of amides is 1. The van der Waals surface area contributed by atoms with Crippen molar-refractivity contribution in [2.24, 2.45) is 0 Å². The number of nitrogens with zero attached hydrogens (tertiary/aromatic N) is 2. The average Bonchev–Trinajstić information content (AvgIpc) is 2.80. The molecule has 8 heteroatoms. The number of unbranched alkanes of at least 4 members (excludes halogenated alkanes) is 10. The molecular weight excluding hydrogens is 422 g/mol. The third kappa shape index (κ3) is 13.6. The molecule has 1 aromatic carbocycles. The lowest BCUT2D eigenvalue weighted by atomic mass is 9.99. The number of rotatable bonds is 20. The minimum atomic E-state index is -1.04. The van der Waals surface area contributed by atoms with Crippen molar-refractivity contribution >= 4 is 5.91 Å². The van der Waals surface area contributed by atoms with E-state index in [0.717, 1.165) is 25.7 Å². The maximum Gasteiger partial charge on any atom is 0.251 e. The van der Waals surface area contributed by atoms with E-state index >= 15 is 0 Å². The van der Waals surface area contributed by atoms with E-state index in [9.17, 15) is 25.0 Å². The Morgan fingerprint density at radius 1 is 0.788 bits per heavy atom. The summed E-state index contributed by atoms with van der Waals surface area (Å²) in [6, 6.07) is 6.66. The fourth-order valence-electron chi connectivity index (χ4n) is 4.02. The van der Waals surface area contributed by atoms with E-state index in [0.29, 0.717) is 12.0 Å². The number of nitro groups is 2. The molecule has 0 fully saturated rings. The summed E-state index contributed by atoms with van der Waals surface area (Å²) in [5.41, 5.74) is 0.481. The number of hydrogen-bond acceptors (Lipinski definition) is 5. The molecule has 0 heterocycles. The van der Waals surface area contributed by atoms with Gasteiger partial charge in [-0.25, -0.2) is 0 Å². The molecule has 33 heavy (non-hydrogen) atoms. The third-order valence-corrected chi connectivity index (χ3v) is 6.08. The Hall–Kier alpha value is -2.51. The summed E-state index contributed by atoms with van der Waals surface area (Å²) >= 11 is 0. The summed E-state index contributed by atoms with van der Waals surface area (Å²) in [5.74, 6) is -0.301. The van der Waals surface area contributed by atoms with Crippen LogP contribution in [0.25, 0.3) is 0 Å². The molecule has 0 aliphatic heterocycles. The van der Waals surface area contributed by atoms with Crippen LogP contribution in [0.4, 0.5) is 0 Å². The molecule has 0 aromatic heterocycles. The number of hydrogen-bond donors (Lipinski definition) is 1. The van der Waals surface area contributed by atoms with Crippen molar-refractivity contribution < 1.29 is 14.6 Å². The standard InChI is InChI=1S/C25H41N3O5/c1-2-3-4-5-6-7-8-9-10-11-15-18-23(27(30)31)21-24(28(32)33)19-20-26-25(29)22-16-13-12-14-17-22/h12-14,16-17,23-24H,2-11,15,18-21H2,1H3,(H,26,29). The third-order valence-electron chi connectivity index (χ3n) is 6.08. The van der Waals surface area contributed by atoms with Gasteiger partial charge in [-0.1, -0.05) is 89.3 Å². The zero-order valence-corrected chi connectivity index (χ0v) is 20.1. The highest BCUT2D eigenvalue weighted by Gasteiger charge is 2.31. The molecule has 0 saturated carbocycles. The summed E-state index contributed by atoms with van der Waals surface area (Å²) < 4.78 is 0. The first kappa shape index (κ1) is 28.5. The highest BCUT2D eigenvalue weighted by Crippen LogP contribution is 2.17. The molecule has 0 aliphatic carbocycles. The molecule has 0 saturated heterocycles. The largest absolute Gasteiger partial charge is 0.352 e. The topological polar surface area (TPSA) is 115 Å². The van der Waals surface area contributed by atoms with Crippen LogP contribution in [0.15, 0.2) is 30.3 Å². The van der Waals surface area contributed by atoms with Crippen molar-refractivity contribution in [3.8, 4) is 0 Å². The zero-order chi connectivity index (χ0) is 24.3. The van der Waals surface area contributed by atoms with Gasteiger partial charge in [-0.3, -0.25) is 25.0 Å². The molecule has 186 valence electrons. The van der Waals surface area contributed by atoms with Gasteiger partial charge in [0.2, 0.25) is 12.1 Å². The highest BCUT2D eigenvalue weighted by molar-refractivity contribution is 5.94. The van der Waals surface area contributed by atoms with Gasteiger partial charge in [0.25, 0.3) is 5.91 Å². The molecular formula is C25H41N3O5. The first-order valence-electron chi connectivity index (χ1n) is 12.6. The molecule has 0 radical (unpaired) electrons. The Morgan fingerprint density at radius 3 is 1.79 bits per heavy atom. The summed E-state index contributed by atoms with van der Waals surface area (Å²) in [5, 5.41) is 25.5. The number of carbonyl (C=O) groups is 1. The second kappa shape index (κ2) is 18.0. The smallest absolute Gasteiger partial charge is 0.251 e. The van der Waals surface area contributed by atoms with Gasteiger partial charge < -0.3 is 5.32 Å². The second-order valence-corrected chi connectivity index (χ2v) is 8.85. The SMILES string of the molecule is CCCCCCCCCCCCCC(CC(CCNC(=O)c1ccccc1)[N+](=O)[O-])[N+](=O)[O-]. The molecule has 2 unspecified atom stereocenters. The van der Waals surface area contributed by atoms with Gasteiger partial charge in [0, 0.05) is 34.8 Å². The summed E-state index contributed by atoms with van der Waals surface area (Å²) in [6.45, 7) is 2.33. The van der Waals surface area contributed by atoms with Crippen LogP contribution >= 0.6 is 0 Å². The van der Waals surface area contributed by atoms with E-state index in [2.05, 4.69) is 12.2 Å². The van der Waals surface area contributed by atoms with Crippen molar-refractivity contribution in [1.82, 2.24) is 5.32 Å². The highest BCUT2D eigenvalue weighted by atomic mass is 16.6. The van der Waals surface area contributed by atoms with E-state index in [1.54, 1.807) is 30.3 Å². The van der Waals surface area contributed by atoms with Crippen LogP contribution in [0, 0.1) is 20.2 Å². The number of nitrogens with one attached hydrogen (secondary N) is 1. The van der Waals surface area contributed by atoms with Crippen LogP contribution in [-0.4, -0.2) is 34.4 Å². The summed E-state index contributed by atoms with van der Waals surface area (Å²) in [4.78, 5) is 34.1. The normalized spacial score (nSPS) is 12.8. The summed E-state index contributed by atoms with van der Waals surface area (Å²) in [7, 11) is 0. The molecule has 1 amide bonds. The Labute approximate surface area is 197 Å². The first-order valence-corrected chi connectivity index (χ1v) is 12.6. The zero-order valence-electron chi connectivity index (χ0n) is 20.1. The maximum atomic E-state index is 12.1. The van der Waals surface area contributed by atoms with Crippen molar-refractivity contribution in [2.75, 3.05) is 6.54 Å². The van der Waals surface area contributed by atoms with Crippen LogP contribution in [0.1, 0.15) is 107 Å². The van der Waals surface area contributed by atoms with Crippen LogP contribution in [0.5, 0.6) is 0 Å². The van der Waals surface area contributed by atoms with Gasteiger partial charge in [-0.05, 0) is 18.6 Å². The number of benzene rings is 1. The van der Waals surface area contributed by atoms with Crippen LogP contribution in [-0.2, 0) is 0 Å². The van der Waals surface area contributed by atoms with Gasteiger partial charge in [0.05, 0.1) is 6.42 Å². The monoisotopic (exact) mass is 463 g/mol. The minimum absolute atomic E-state index is 0.0775. The Bertz CT molecular complexity index is 684. The van der Waals surface area contributed by atoms with Gasteiger partial charge in [-0.2, -0.15) is 0 Å². The van der Waals surface area contributed by atoms with Gasteiger partial charge in [0.15, 0.2) is 0 Å². The van der Waals surface area contributed by atoms with Gasteiger partial charge in [-0.15, -0.1) is 0 Å². The molecule has 1 N–H and O–H groups in total. The first-order chi connectivity index (χ1) is 16.0. The van der Waals surface area contributed by atoms with Gasteiger partial charge >= 0.3 is 0 Å². The average molecular weight is 464 g/mol. The Kier molecular flexibility index (Phi) is 15.5. The van der Waals surface area contributed by atoms with Crippen LogP contribution in [0.2, 0.25) is 0 Å². The van der Waals surface area contributed by atoms with Crippen molar-refractivity contribution in [3.63, 3.8) is 0 Å². The Balaban J connectivity index is 2.26. The predicted octanol–water partition coefficient (Wildman–Crippen LogP) is 6.19. The lowest BCUT2D eigenvalue weighted by molar-refractivity contribution is -0.561. The van der Waals surface area contributed by atoms with Crippen LogP contribution < -0.4 is 5.32 Å².